The number of hydrogen-bond donors (Lipinski definition) is 0. The molecule has 0 aliphatic heterocycles. The summed E-state index contributed by atoms with van der Waals surface area (Å²) in [6.07, 6.45) is 25.0. The van der Waals surface area contributed by atoms with Gasteiger partial charge in [0.1, 0.15) is 0 Å². The largest absolute Gasteiger partial charge is 0.0885 e. The van der Waals surface area contributed by atoms with Gasteiger partial charge in [0.05, 0.1) is 0 Å². The lowest BCUT2D eigenvalue weighted by Crippen LogP contribution is -1.73. The fraction of sp³-hybridized carbons (Fsp3) is 0.429. The first-order chi connectivity index (χ1) is 7.00. The maximum absolute atomic E-state index is 2.32. The highest BCUT2D eigenvalue weighted by atomic mass is 13.9. The van der Waals surface area contributed by atoms with E-state index in [2.05, 4.69) is 48.6 Å². The summed E-state index contributed by atoms with van der Waals surface area (Å²) < 4.78 is 0. The molecule has 14 heavy (non-hydrogen) atoms. The van der Waals surface area contributed by atoms with Crippen molar-refractivity contribution in [3.8, 4) is 0 Å². The van der Waals surface area contributed by atoms with Gasteiger partial charge < -0.3 is 0 Å². The summed E-state index contributed by atoms with van der Waals surface area (Å²) in [6, 6.07) is 0. The minimum Gasteiger partial charge on any atom is -0.0885 e. The molecule has 0 N–H and O–H groups in total. The Morgan fingerprint density at radius 3 is 1.71 bits per heavy atom. The average molecular weight is 188 g/mol. The van der Waals surface area contributed by atoms with Gasteiger partial charge in [-0.05, 0) is 38.5 Å². The standard InChI is InChI=1S/C14H20/c1-2-4-6-8-10-12-14-13-11-9-7-5-3-1/h1-6,11,13H,7-10,12,14H2/b2-1+,5-3+,6-4-,13-11?. The molecule has 0 fully saturated rings. The van der Waals surface area contributed by atoms with Gasteiger partial charge in [-0.3, -0.25) is 0 Å². The van der Waals surface area contributed by atoms with Crippen LogP contribution in [0.15, 0.2) is 48.6 Å². The first kappa shape index (κ1) is 11.0. The summed E-state index contributed by atoms with van der Waals surface area (Å²) in [6.45, 7) is 0. The van der Waals surface area contributed by atoms with Gasteiger partial charge in [-0.2, -0.15) is 0 Å². The van der Waals surface area contributed by atoms with Crippen LogP contribution in [0.5, 0.6) is 0 Å². The molecular weight excluding hydrogens is 168 g/mol. The van der Waals surface area contributed by atoms with E-state index in [9.17, 15) is 0 Å². The summed E-state index contributed by atoms with van der Waals surface area (Å²) in [7, 11) is 0. The maximum atomic E-state index is 2.32. The van der Waals surface area contributed by atoms with E-state index in [1.165, 1.54) is 32.1 Å². The SMILES string of the molecule is C1=CCCCC\C=C/C=C/C=C/CC1. The van der Waals surface area contributed by atoms with Crippen molar-refractivity contribution in [2.45, 2.75) is 38.5 Å². The molecule has 0 nitrogen and oxygen atoms in total. The Balaban J connectivity index is 2.35. The second-order valence-corrected chi connectivity index (χ2v) is 3.57. The minimum atomic E-state index is 1.16. The molecule has 0 atom stereocenters. The van der Waals surface area contributed by atoms with E-state index in [0.717, 1.165) is 6.42 Å². The molecule has 0 saturated carbocycles. The van der Waals surface area contributed by atoms with Gasteiger partial charge in [0, 0.05) is 0 Å². The van der Waals surface area contributed by atoms with Crippen LogP contribution in [0, 0.1) is 0 Å². The van der Waals surface area contributed by atoms with E-state index in [4.69, 9.17) is 0 Å². The Morgan fingerprint density at radius 1 is 0.429 bits per heavy atom. The van der Waals surface area contributed by atoms with Crippen molar-refractivity contribution in [1.29, 1.82) is 0 Å². The smallest absolute Gasteiger partial charge is 0.0313 e. The summed E-state index contributed by atoms with van der Waals surface area (Å²) in [5.41, 5.74) is 0. The molecule has 0 aromatic carbocycles. The third-order valence-electron chi connectivity index (χ3n) is 2.26. The van der Waals surface area contributed by atoms with E-state index < -0.39 is 0 Å². The van der Waals surface area contributed by atoms with Gasteiger partial charge in [0.25, 0.3) is 0 Å². The number of allylic oxidation sites excluding steroid dienone is 8. The highest BCUT2D eigenvalue weighted by Gasteiger charge is 1.83. The second kappa shape index (κ2) is 8.55. The molecule has 0 aromatic heterocycles. The Hall–Kier alpha value is -1.04. The van der Waals surface area contributed by atoms with Crippen LogP contribution < -0.4 is 0 Å². The van der Waals surface area contributed by atoms with E-state index in [-0.39, 0.29) is 0 Å². The molecule has 76 valence electrons. The lowest BCUT2D eigenvalue weighted by atomic mass is 10.1. The van der Waals surface area contributed by atoms with E-state index in [1.54, 1.807) is 0 Å². The zero-order valence-electron chi connectivity index (χ0n) is 8.86. The monoisotopic (exact) mass is 188 g/mol. The van der Waals surface area contributed by atoms with Crippen molar-refractivity contribution in [3.63, 3.8) is 0 Å². The molecule has 0 spiro atoms. The topological polar surface area (TPSA) is 0 Å². The average Bonchev–Trinajstić information content (AvgIpc) is 2.22. The minimum absolute atomic E-state index is 1.16. The van der Waals surface area contributed by atoms with E-state index >= 15 is 0 Å². The lowest BCUT2D eigenvalue weighted by molar-refractivity contribution is 0.760. The molecule has 0 aromatic rings. The van der Waals surface area contributed by atoms with E-state index in [0.29, 0.717) is 0 Å². The molecule has 0 radical (unpaired) electrons. The zero-order valence-corrected chi connectivity index (χ0v) is 8.86. The number of rotatable bonds is 0. The van der Waals surface area contributed by atoms with Crippen molar-refractivity contribution in [2.75, 3.05) is 0 Å². The van der Waals surface area contributed by atoms with Gasteiger partial charge in [0.2, 0.25) is 0 Å². The van der Waals surface area contributed by atoms with Crippen molar-refractivity contribution in [1.82, 2.24) is 0 Å². The molecular formula is C14H20. The van der Waals surface area contributed by atoms with Gasteiger partial charge in [-0.25, -0.2) is 0 Å². The van der Waals surface area contributed by atoms with Gasteiger partial charge >= 0.3 is 0 Å². The summed E-state index contributed by atoms with van der Waals surface area (Å²) in [4.78, 5) is 0. The van der Waals surface area contributed by atoms with Crippen LogP contribution in [0.4, 0.5) is 0 Å². The van der Waals surface area contributed by atoms with Crippen LogP contribution in [0.25, 0.3) is 0 Å². The second-order valence-electron chi connectivity index (χ2n) is 3.57. The van der Waals surface area contributed by atoms with Crippen LogP contribution in [0.1, 0.15) is 38.5 Å². The van der Waals surface area contributed by atoms with Crippen molar-refractivity contribution in [3.05, 3.63) is 48.6 Å². The van der Waals surface area contributed by atoms with Crippen LogP contribution in [-0.2, 0) is 0 Å². The van der Waals surface area contributed by atoms with E-state index in [1.807, 2.05) is 0 Å². The summed E-state index contributed by atoms with van der Waals surface area (Å²) in [5, 5.41) is 0. The highest BCUT2D eigenvalue weighted by molar-refractivity contribution is 5.11. The van der Waals surface area contributed by atoms with Crippen molar-refractivity contribution in [2.24, 2.45) is 0 Å². The summed E-state index contributed by atoms with van der Waals surface area (Å²) in [5.74, 6) is 0. The van der Waals surface area contributed by atoms with Crippen molar-refractivity contribution >= 4 is 0 Å². The Kier molecular flexibility index (Phi) is 6.74. The zero-order chi connectivity index (χ0) is 9.90. The fourth-order valence-corrected chi connectivity index (χ4v) is 1.43. The molecule has 1 aliphatic rings. The predicted octanol–water partition coefficient (Wildman–Crippen LogP) is 4.57. The molecule has 1 rings (SSSR count). The van der Waals surface area contributed by atoms with Crippen LogP contribution in [-0.4, -0.2) is 0 Å². The first-order valence-corrected chi connectivity index (χ1v) is 5.63. The van der Waals surface area contributed by atoms with Crippen molar-refractivity contribution < 1.29 is 0 Å². The molecule has 1 aliphatic carbocycles. The molecule has 0 unspecified atom stereocenters. The Morgan fingerprint density at radius 2 is 0.929 bits per heavy atom. The highest BCUT2D eigenvalue weighted by Crippen LogP contribution is 2.03. The van der Waals surface area contributed by atoms with Crippen LogP contribution in [0.2, 0.25) is 0 Å². The van der Waals surface area contributed by atoms with Crippen LogP contribution >= 0.6 is 0 Å². The van der Waals surface area contributed by atoms with Gasteiger partial charge in [0.15, 0.2) is 0 Å². The molecule has 0 amide bonds. The van der Waals surface area contributed by atoms with Crippen LogP contribution in [0.3, 0.4) is 0 Å². The Labute approximate surface area is 87.7 Å². The normalized spacial score (nSPS) is 26.3. The Bertz CT molecular complexity index is 228. The molecule has 0 bridgehead atoms. The quantitative estimate of drug-likeness (QED) is 0.489. The predicted molar refractivity (Wildman–Crippen MR) is 64.3 cm³/mol. The van der Waals surface area contributed by atoms with Gasteiger partial charge in [-0.15, -0.1) is 0 Å². The fourth-order valence-electron chi connectivity index (χ4n) is 1.43. The third kappa shape index (κ3) is 6.47. The molecule has 0 saturated heterocycles. The molecule has 0 heteroatoms. The van der Waals surface area contributed by atoms with Gasteiger partial charge in [-0.1, -0.05) is 48.6 Å². The first-order valence-electron chi connectivity index (χ1n) is 5.63. The maximum Gasteiger partial charge on any atom is -0.0313 e. The lowest BCUT2D eigenvalue weighted by Gasteiger charge is -1.93. The summed E-state index contributed by atoms with van der Waals surface area (Å²) >= 11 is 0. The number of hydrogen-bond acceptors (Lipinski definition) is 0. The third-order valence-corrected chi connectivity index (χ3v) is 2.26. The molecule has 0 heterocycles.